The zero-order valence-corrected chi connectivity index (χ0v) is 14.2. The van der Waals surface area contributed by atoms with Crippen LogP contribution in [0.3, 0.4) is 0 Å². The largest absolute Gasteiger partial charge is 0.454 e. The minimum Gasteiger partial charge on any atom is -0.454 e. The zero-order valence-electron chi connectivity index (χ0n) is 13.4. The lowest BCUT2D eigenvalue weighted by atomic mass is 10.1. The van der Waals surface area contributed by atoms with Crippen LogP contribution in [-0.2, 0) is 11.2 Å². The molecule has 0 fully saturated rings. The number of nitrogens with zero attached hydrogens (tertiary/aromatic N) is 1. The summed E-state index contributed by atoms with van der Waals surface area (Å²) in [5.74, 6) is 1.31. The highest BCUT2D eigenvalue weighted by molar-refractivity contribution is 7.22. The molecule has 0 saturated carbocycles. The van der Waals surface area contributed by atoms with E-state index in [2.05, 4.69) is 36.3 Å². The summed E-state index contributed by atoms with van der Waals surface area (Å²) in [5.41, 5.74) is 4.22. The van der Waals surface area contributed by atoms with Gasteiger partial charge in [-0.2, -0.15) is 0 Å². The summed E-state index contributed by atoms with van der Waals surface area (Å²) in [7, 11) is 0. The molecule has 1 aliphatic heterocycles. The molecule has 1 N–H and O–H groups in total. The maximum absolute atomic E-state index is 12.3. The van der Waals surface area contributed by atoms with E-state index in [-0.39, 0.29) is 19.1 Å². The molecule has 122 valence electrons. The SMILES string of the molecule is Cc1cc2nc(NC(=O)Cc3ccc4c(c3)OCO4)sc2cc1C. The molecule has 3 aromatic rings. The van der Waals surface area contributed by atoms with Gasteiger partial charge in [0.15, 0.2) is 16.6 Å². The molecule has 0 bridgehead atoms. The van der Waals surface area contributed by atoms with Crippen molar-refractivity contribution in [3.63, 3.8) is 0 Å². The molecule has 2 aromatic carbocycles. The molecule has 1 amide bonds. The fraction of sp³-hybridized carbons (Fsp3) is 0.222. The molecule has 0 radical (unpaired) electrons. The van der Waals surface area contributed by atoms with Crippen molar-refractivity contribution in [2.75, 3.05) is 12.1 Å². The van der Waals surface area contributed by atoms with Crippen LogP contribution in [0.2, 0.25) is 0 Å². The predicted octanol–water partition coefficient (Wildman–Crippen LogP) is 3.82. The van der Waals surface area contributed by atoms with E-state index in [4.69, 9.17) is 9.47 Å². The third kappa shape index (κ3) is 2.80. The van der Waals surface area contributed by atoms with Crippen LogP contribution >= 0.6 is 11.3 Å². The van der Waals surface area contributed by atoms with Crippen molar-refractivity contribution in [1.82, 2.24) is 4.98 Å². The summed E-state index contributed by atoms with van der Waals surface area (Å²) in [6, 6.07) is 9.70. The Labute approximate surface area is 143 Å². The quantitative estimate of drug-likeness (QED) is 0.787. The number of aromatic nitrogens is 1. The van der Waals surface area contributed by atoms with E-state index in [1.54, 1.807) is 0 Å². The van der Waals surface area contributed by atoms with E-state index in [0.717, 1.165) is 21.5 Å². The lowest BCUT2D eigenvalue weighted by Crippen LogP contribution is -2.14. The van der Waals surface area contributed by atoms with Gasteiger partial charge in [0.25, 0.3) is 0 Å². The van der Waals surface area contributed by atoms with Gasteiger partial charge >= 0.3 is 0 Å². The van der Waals surface area contributed by atoms with Gasteiger partial charge in [-0.1, -0.05) is 17.4 Å². The Hall–Kier alpha value is -2.60. The van der Waals surface area contributed by atoms with Crippen LogP contribution in [0, 0.1) is 13.8 Å². The molecule has 0 aliphatic carbocycles. The van der Waals surface area contributed by atoms with Crippen LogP contribution < -0.4 is 14.8 Å². The molecule has 0 atom stereocenters. The second kappa shape index (κ2) is 5.79. The molecule has 1 aromatic heterocycles. The van der Waals surface area contributed by atoms with Gasteiger partial charge in [0, 0.05) is 0 Å². The Balaban J connectivity index is 1.49. The van der Waals surface area contributed by atoms with Crippen LogP contribution in [-0.4, -0.2) is 17.7 Å². The molecular weight excluding hydrogens is 324 g/mol. The number of hydrogen-bond acceptors (Lipinski definition) is 5. The Morgan fingerprint density at radius 3 is 2.83 bits per heavy atom. The highest BCUT2D eigenvalue weighted by atomic mass is 32.1. The van der Waals surface area contributed by atoms with E-state index in [0.29, 0.717) is 10.9 Å². The van der Waals surface area contributed by atoms with Gasteiger partial charge in [-0.25, -0.2) is 4.98 Å². The third-order valence-corrected chi connectivity index (χ3v) is 4.99. The number of rotatable bonds is 3. The van der Waals surface area contributed by atoms with Crippen LogP contribution in [0.4, 0.5) is 5.13 Å². The first-order valence-corrected chi connectivity index (χ1v) is 8.46. The van der Waals surface area contributed by atoms with Crippen LogP contribution in [0.15, 0.2) is 30.3 Å². The van der Waals surface area contributed by atoms with Gasteiger partial charge in [0.1, 0.15) is 0 Å². The van der Waals surface area contributed by atoms with Crippen molar-refractivity contribution >= 4 is 32.6 Å². The number of carbonyl (C=O) groups is 1. The second-order valence-corrected chi connectivity index (χ2v) is 6.87. The van der Waals surface area contributed by atoms with Crippen molar-refractivity contribution in [1.29, 1.82) is 0 Å². The average Bonchev–Trinajstić information content (AvgIpc) is 3.13. The number of fused-ring (bicyclic) bond motifs is 2. The monoisotopic (exact) mass is 340 g/mol. The van der Waals surface area contributed by atoms with Gasteiger partial charge < -0.3 is 14.8 Å². The maximum Gasteiger partial charge on any atom is 0.231 e. The zero-order chi connectivity index (χ0) is 16.7. The summed E-state index contributed by atoms with van der Waals surface area (Å²) in [5, 5.41) is 3.51. The number of carbonyl (C=O) groups excluding carboxylic acids is 1. The average molecular weight is 340 g/mol. The van der Waals surface area contributed by atoms with E-state index >= 15 is 0 Å². The standard InChI is InChI=1S/C18H16N2O3S/c1-10-5-13-16(6-11(10)2)24-18(19-13)20-17(21)8-12-3-4-14-15(7-12)23-9-22-14/h3-7H,8-9H2,1-2H3,(H,19,20,21). The summed E-state index contributed by atoms with van der Waals surface area (Å²) in [4.78, 5) is 16.8. The number of aryl methyl sites for hydroxylation is 2. The van der Waals surface area contributed by atoms with Crippen molar-refractivity contribution in [3.05, 3.63) is 47.0 Å². The molecule has 5 nitrogen and oxygen atoms in total. The normalized spacial score (nSPS) is 12.6. The lowest BCUT2D eigenvalue weighted by molar-refractivity contribution is -0.115. The second-order valence-electron chi connectivity index (χ2n) is 5.84. The lowest BCUT2D eigenvalue weighted by Gasteiger charge is -2.03. The Morgan fingerprint density at radius 2 is 1.96 bits per heavy atom. The number of amides is 1. The number of hydrogen-bond donors (Lipinski definition) is 1. The van der Waals surface area contributed by atoms with E-state index in [9.17, 15) is 4.79 Å². The van der Waals surface area contributed by atoms with Crippen LogP contribution in [0.25, 0.3) is 10.2 Å². The fourth-order valence-corrected chi connectivity index (χ4v) is 3.60. The number of nitrogens with one attached hydrogen (secondary N) is 1. The minimum absolute atomic E-state index is 0.0960. The topological polar surface area (TPSA) is 60.5 Å². The molecule has 24 heavy (non-hydrogen) atoms. The molecule has 4 rings (SSSR count). The van der Waals surface area contributed by atoms with Crippen LogP contribution in [0.1, 0.15) is 16.7 Å². The molecule has 0 saturated heterocycles. The first-order chi connectivity index (χ1) is 11.6. The van der Waals surface area contributed by atoms with Crippen molar-refractivity contribution < 1.29 is 14.3 Å². The first-order valence-electron chi connectivity index (χ1n) is 7.65. The molecular formula is C18H16N2O3S. The van der Waals surface area contributed by atoms with Gasteiger partial charge in [-0.05, 0) is 54.8 Å². The molecule has 0 spiro atoms. The first kappa shape index (κ1) is 15.0. The molecule has 6 heteroatoms. The van der Waals surface area contributed by atoms with Gasteiger partial charge in [0.2, 0.25) is 12.7 Å². The van der Waals surface area contributed by atoms with E-state index in [1.165, 1.54) is 22.5 Å². The molecule has 2 heterocycles. The Morgan fingerprint density at radius 1 is 1.17 bits per heavy atom. The van der Waals surface area contributed by atoms with Gasteiger partial charge in [-0.15, -0.1) is 0 Å². The van der Waals surface area contributed by atoms with Crippen molar-refractivity contribution in [2.24, 2.45) is 0 Å². The number of anilines is 1. The number of ether oxygens (including phenoxy) is 2. The highest BCUT2D eigenvalue weighted by Gasteiger charge is 2.15. The minimum atomic E-state index is -0.0960. The van der Waals surface area contributed by atoms with Crippen LogP contribution in [0.5, 0.6) is 11.5 Å². The highest BCUT2D eigenvalue weighted by Crippen LogP contribution is 2.33. The predicted molar refractivity (Wildman–Crippen MR) is 94.0 cm³/mol. The van der Waals surface area contributed by atoms with Gasteiger partial charge in [0.05, 0.1) is 16.6 Å². The summed E-state index contributed by atoms with van der Waals surface area (Å²) >= 11 is 1.49. The van der Waals surface area contributed by atoms with Crippen molar-refractivity contribution in [3.8, 4) is 11.5 Å². The Kier molecular flexibility index (Phi) is 3.61. The summed E-state index contributed by atoms with van der Waals surface area (Å²) < 4.78 is 11.7. The maximum atomic E-state index is 12.3. The molecule has 0 unspecified atom stereocenters. The van der Waals surface area contributed by atoms with E-state index < -0.39 is 0 Å². The fourth-order valence-electron chi connectivity index (χ4n) is 2.63. The van der Waals surface area contributed by atoms with Gasteiger partial charge in [-0.3, -0.25) is 4.79 Å². The number of thiazole rings is 1. The Bertz CT molecular complexity index is 910. The number of benzene rings is 2. The molecule has 1 aliphatic rings. The third-order valence-electron chi connectivity index (χ3n) is 4.05. The summed E-state index contributed by atoms with van der Waals surface area (Å²) in [6.07, 6.45) is 0.268. The van der Waals surface area contributed by atoms with Crippen molar-refractivity contribution in [2.45, 2.75) is 20.3 Å². The summed E-state index contributed by atoms with van der Waals surface area (Å²) in [6.45, 7) is 4.37. The smallest absolute Gasteiger partial charge is 0.231 e. The van der Waals surface area contributed by atoms with E-state index in [1.807, 2.05) is 18.2 Å².